The van der Waals surface area contributed by atoms with Gasteiger partial charge in [0.05, 0.1) is 53.5 Å². The van der Waals surface area contributed by atoms with Crippen LogP contribution in [0.15, 0.2) is 59.7 Å². The molecular formula is C30H28FN7O4. The third-order valence-corrected chi connectivity index (χ3v) is 7.43. The molecule has 1 unspecified atom stereocenters. The van der Waals surface area contributed by atoms with Gasteiger partial charge in [-0.3, -0.25) is 5.01 Å². The highest BCUT2D eigenvalue weighted by Gasteiger charge is 2.26. The summed E-state index contributed by atoms with van der Waals surface area (Å²) in [5.41, 5.74) is 2.29. The van der Waals surface area contributed by atoms with Gasteiger partial charge in [-0.05, 0) is 49.7 Å². The maximum Gasteiger partial charge on any atom is 0.335 e. The highest BCUT2D eigenvalue weighted by Crippen LogP contribution is 2.25. The zero-order valence-electron chi connectivity index (χ0n) is 22.9. The Bertz CT molecular complexity index is 1710. The van der Waals surface area contributed by atoms with Crippen molar-refractivity contribution in [1.29, 1.82) is 5.26 Å². The predicted octanol–water partition coefficient (Wildman–Crippen LogP) is 4.16. The average molecular weight is 570 g/mol. The van der Waals surface area contributed by atoms with E-state index in [0.717, 1.165) is 29.9 Å². The van der Waals surface area contributed by atoms with E-state index in [-0.39, 0.29) is 29.9 Å². The molecule has 0 radical (unpaired) electrons. The lowest BCUT2D eigenvalue weighted by Crippen LogP contribution is -2.44. The minimum absolute atomic E-state index is 0.00286. The monoisotopic (exact) mass is 569 g/mol. The van der Waals surface area contributed by atoms with Gasteiger partial charge < -0.3 is 24.0 Å². The molecule has 2 aromatic carbocycles. The van der Waals surface area contributed by atoms with E-state index in [1.54, 1.807) is 36.7 Å². The van der Waals surface area contributed by atoms with E-state index in [0.29, 0.717) is 36.9 Å². The Hall–Kier alpha value is -5.02. The molecule has 2 atom stereocenters. The van der Waals surface area contributed by atoms with Crippen molar-refractivity contribution in [2.24, 2.45) is 5.10 Å². The van der Waals surface area contributed by atoms with E-state index in [4.69, 9.17) is 19.7 Å². The first kappa shape index (κ1) is 27.2. The number of nitrogens with zero attached hydrogens (tertiary/aromatic N) is 7. The minimum Gasteiger partial charge on any atom is -0.478 e. The van der Waals surface area contributed by atoms with Crippen LogP contribution >= 0.6 is 0 Å². The SMILES string of the molecule is CC1CN(c2cccc(OCc3ccc(C#N)cc3F)n2)C=NN1Cc1nc2ccc(C(=O)O)cc2n1C[C@@H]1CCO1. The summed E-state index contributed by atoms with van der Waals surface area (Å²) in [5.74, 6) is 0.276. The molecule has 4 aromatic rings. The van der Waals surface area contributed by atoms with Crippen molar-refractivity contribution in [3.05, 3.63) is 82.9 Å². The van der Waals surface area contributed by atoms with Crippen LogP contribution in [0.4, 0.5) is 10.2 Å². The lowest BCUT2D eigenvalue weighted by Gasteiger charge is -2.35. The Balaban J connectivity index is 1.17. The van der Waals surface area contributed by atoms with Gasteiger partial charge in [0.25, 0.3) is 0 Å². The van der Waals surface area contributed by atoms with Crippen molar-refractivity contribution in [1.82, 2.24) is 19.5 Å². The number of ether oxygens (including phenoxy) is 2. The second kappa shape index (κ2) is 11.5. The number of carbonyl (C=O) groups is 1. The molecule has 4 heterocycles. The Kier molecular flexibility index (Phi) is 7.41. The molecule has 0 bridgehead atoms. The summed E-state index contributed by atoms with van der Waals surface area (Å²) >= 11 is 0. The number of anilines is 1. The van der Waals surface area contributed by atoms with Crippen LogP contribution in [0, 0.1) is 17.1 Å². The number of rotatable bonds is 9. The summed E-state index contributed by atoms with van der Waals surface area (Å²) in [6.45, 7) is 4.38. The number of pyridine rings is 1. The zero-order valence-corrected chi connectivity index (χ0v) is 22.9. The summed E-state index contributed by atoms with van der Waals surface area (Å²) in [6, 6.07) is 16.5. The van der Waals surface area contributed by atoms with Gasteiger partial charge in [-0.2, -0.15) is 15.3 Å². The molecule has 2 aliphatic rings. The molecule has 0 amide bonds. The number of imidazole rings is 1. The van der Waals surface area contributed by atoms with Crippen molar-refractivity contribution >= 4 is 29.2 Å². The van der Waals surface area contributed by atoms with Crippen molar-refractivity contribution < 1.29 is 23.8 Å². The molecule has 42 heavy (non-hydrogen) atoms. The zero-order chi connectivity index (χ0) is 29.2. The molecule has 12 heteroatoms. The number of hydrazone groups is 1. The van der Waals surface area contributed by atoms with Crippen molar-refractivity contribution in [3.8, 4) is 11.9 Å². The van der Waals surface area contributed by atoms with Crippen LogP contribution in [0.2, 0.25) is 0 Å². The molecule has 1 fully saturated rings. The lowest BCUT2D eigenvalue weighted by molar-refractivity contribution is -0.0592. The Morgan fingerprint density at radius 1 is 1.21 bits per heavy atom. The third kappa shape index (κ3) is 5.59. The standard InChI is InChI=1S/C30H28FN7O4/c1-19-14-36(27-3-2-4-29(35-27)42-17-22-6-5-20(13-32)11-24(22)31)18-33-38(19)16-28-34-25-8-7-21(30(39)40)12-26(25)37(28)15-23-9-10-41-23/h2-8,11-12,18-19,23H,9-10,14-17H2,1H3,(H,39,40)/t19?,23-/m0/s1. The summed E-state index contributed by atoms with van der Waals surface area (Å²) in [6.07, 6.45) is 2.72. The van der Waals surface area contributed by atoms with E-state index in [2.05, 4.69) is 17.0 Å². The molecule has 0 saturated carbocycles. The topological polar surface area (TPSA) is 129 Å². The van der Waals surface area contributed by atoms with E-state index >= 15 is 0 Å². The number of hydrogen-bond acceptors (Lipinski definition) is 9. The quantitative estimate of drug-likeness (QED) is 0.316. The van der Waals surface area contributed by atoms with Gasteiger partial charge in [0.2, 0.25) is 5.88 Å². The smallest absolute Gasteiger partial charge is 0.335 e. The molecule has 0 spiro atoms. The van der Waals surface area contributed by atoms with Gasteiger partial charge in [-0.25, -0.2) is 14.2 Å². The minimum atomic E-state index is -0.982. The van der Waals surface area contributed by atoms with Gasteiger partial charge in [-0.1, -0.05) is 12.1 Å². The summed E-state index contributed by atoms with van der Waals surface area (Å²) in [5, 5.41) is 25.1. The summed E-state index contributed by atoms with van der Waals surface area (Å²) < 4.78 is 27.7. The van der Waals surface area contributed by atoms with Gasteiger partial charge >= 0.3 is 5.97 Å². The number of carboxylic acids is 1. The maximum absolute atomic E-state index is 14.2. The second-order valence-corrected chi connectivity index (χ2v) is 10.3. The Labute approximate surface area is 241 Å². The Morgan fingerprint density at radius 3 is 2.79 bits per heavy atom. The number of fused-ring (bicyclic) bond motifs is 1. The average Bonchev–Trinajstić information content (AvgIpc) is 3.31. The number of nitriles is 1. The van der Waals surface area contributed by atoms with Gasteiger partial charge in [0.15, 0.2) is 0 Å². The number of halogens is 1. The molecule has 214 valence electrons. The third-order valence-electron chi connectivity index (χ3n) is 7.43. The fourth-order valence-electron chi connectivity index (χ4n) is 4.95. The van der Waals surface area contributed by atoms with Gasteiger partial charge in [0, 0.05) is 24.8 Å². The fraction of sp³-hybridized carbons (Fsp3) is 0.300. The van der Waals surface area contributed by atoms with Crippen LogP contribution < -0.4 is 9.64 Å². The first-order valence-electron chi connectivity index (χ1n) is 13.6. The molecule has 0 aliphatic carbocycles. The van der Waals surface area contributed by atoms with Crippen LogP contribution in [0.5, 0.6) is 5.88 Å². The molecule has 6 rings (SSSR count). The number of benzene rings is 2. The maximum atomic E-state index is 14.2. The molecule has 1 saturated heterocycles. The second-order valence-electron chi connectivity index (χ2n) is 10.3. The molecule has 2 aliphatic heterocycles. The predicted molar refractivity (Wildman–Crippen MR) is 152 cm³/mol. The van der Waals surface area contributed by atoms with Crippen LogP contribution in [-0.2, 0) is 24.4 Å². The van der Waals surface area contributed by atoms with Crippen molar-refractivity contribution in [3.63, 3.8) is 0 Å². The van der Waals surface area contributed by atoms with E-state index < -0.39 is 11.8 Å². The van der Waals surface area contributed by atoms with Crippen LogP contribution in [0.25, 0.3) is 11.0 Å². The first-order valence-corrected chi connectivity index (χ1v) is 13.6. The summed E-state index contributed by atoms with van der Waals surface area (Å²) in [7, 11) is 0. The van der Waals surface area contributed by atoms with Crippen LogP contribution in [0.3, 0.4) is 0 Å². The molecule has 1 N–H and O–H groups in total. The van der Waals surface area contributed by atoms with E-state index in [1.807, 2.05) is 32.7 Å². The highest BCUT2D eigenvalue weighted by atomic mass is 19.1. The lowest BCUT2D eigenvalue weighted by atomic mass is 10.1. The Morgan fingerprint density at radius 2 is 2.07 bits per heavy atom. The molecule has 2 aromatic heterocycles. The summed E-state index contributed by atoms with van der Waals surface area (Å²) in [4.78, 5) is 22.9. The highest BCUT2D eigenvalue weighted by molar-refractivity contribution is 5.92. The van der Waals surface area contributed by atoms with Crippen molar-refractivity contribution in [2.75, 3.05) is 18.1 Å². The van der Waals surface area contributed by atoms with Gasteiger partial charge in [0.1, 0.15) is 30.4 Å². The van der Waals surface area contributed by atoms with E-state index in [1.165, 1.54) is 12.1 Å². The number of aromatic carboxylic acids is 1. The fourth-order valence-corrected chi connectivity index (χ4v) is 4.95. The van der Waals surface area contributed by atoms with Crippen molar-refractivity contribution in [2.45, 2.75) is 45.2 Å². The van der Waals surface area contributed by atoms with Gasteiger partial charge in [-0.15, -0.1) is 0 Å². The van der Waals surface area contributed by atoms with Crippen LogP contribution in [0.1, 0.15) is 40.7 Å². The normalized spacial score (nSPS) is 18.1. The molecular weight excluding hydrogens is 541 g/mol. The van der Waals surface area contributed by atoms with Crippen LogP contribution in [-0.4, -0.2) is 62.3 Å². The number of hydrogen-bond donors (Lipinski definition) is 1. The molecule has 11 nitrogen and oxygen atoms in total. The largest absolute Gasteiger partial charge is 0.478 e. The number of aromatic nitrogens is 3. The number of carboxylic acid groups (broad SMARTS) is 1. The van der Waals surface area contributed by atoms with E-state index in [9.17, 15) is 14.3 Å². The first-order chi connectivity index (χ1) is 20.4.